The Bertz CT molecular complexity index is 529. The first-order valence-electron chi connectivity index (χ1n) is 6.12. The molecule has 0 aromatic heterocycles. The summed E-state index contributed by atoms with van der Waals surface area (Å²) in [6.45, 7) is 2.76. The molecule has 2 N–H and O–H groups in total. The van der Waals surface area contributed by atoms with Gasteiger partial charge < -0.3 is 15.4 Å². The van der Waals surface area contributed by atoms with Crippen LogP contribution in [0.25, 0.3) is 0 Å². The van der Waals surface area contributed by atoms with Crippen LogP contribution in [0.4, 0.5) is 17.1 Å². The molecule has 0 spiro atoms. The molecule has 1 aliphatic heterocycles. The number of alkyl halides is 1. The van der Waals surface area contributed by atoms with E-state index in [0.29, 0.717) is 13.2 Å². The van der Waals surface area contributed by atoms with Gasteiger partial charge in [-0.3, -0.25) is 10.1 Å². The van der Waals surface area contributed by atoms with Crippen LogP contribution in [0.3, 0.4) is 0 Å². The van der Waals surface area contributed by atoms with E-state index in [1.54, 1.807) is 12.1 Å². The van der Waals surface area contributed by atoms with E-state index in [1.807, 2.05) is 0 Å². The van der Waals surface area contributed by atoms with Crippen molar-refractivity contribution in [2.75, 3.05) is 37.1 Å². The molecule has 8 heteroatoms. The third-order valence-corrected chi connectivity index (χ3v) is 3.21. The number of rotatable bonds is 4. The van der Waals surface area contributed by atoms with Gasteiger partial charge in [-0.25, -0.2) is 4.99 Å². The van der Waals surface area contributed by atoms with E-state index in [2.05, 4.69) is 9.89 Å². The Kier molecular flexibility index (Phi) is 4.75. The van der Waals surface area contributed by atoms with Crippen LogP contribution in [0.15, 0.2) is 23.2 Å². The lowest BCUT2D eigenvalue weighted by Gasteiger charge is -2.28. The van der Waals surface area contributed by atoms with Gasteiger partial charge in [0.1, 0.15) is 11.5 Å². The quantitative estimate of drug-likeness (QED) is 0.300. The second-order valence-electron chi connectivity index (χ2n) is 4.27. The molecule has 1 aromatic rings. The summed E-state index contributed by atoms with van der Waals surface area (Å²) in [6.07, 6.45) is 0. The summed E-state index contributed by atoms with van der Waals surface area (Å²) in [7, 11) is 0. The van der Waals surface area contributed by atoms with Crippen LogP contribution >= 0.6 is 11.6 Å². The number of nitro groups is 1. The fraction of sp³-hybridized carbons (Fsp3) is 0.417. The Balaban J connectivity index is 2.36. The van der Waals surface area contributed by atoms with Crippen molar-refractivity contribution >= 4 is 34.5 Å². The fourth-order valence-corrected chi connectivity index (χ4v) is 2.02. The van der Waals surface area contributed by atoms with Crippen molar-refractivity contribution in [2.45, 2.75) is 0 Å². The van der Waals surface area contributed by atoms with Crippen molar-refractivity contribution < 1.29 is 9.66 Å². The Morgan fingerprint density at radius 1 is 1.50 bits per heavy atom. The number of hydrogen-bond acceptors (Lipinski definition) is 5. The number of nitro benzene ring substituents is 1. The number of morpholine rings is 1. The van der Waals surface area contributed by atoms with Crippen LogP contribution in [0.2, 0.25) is 0 Å². The highest BCUT2D eigenvalue weighted by molar-refractivity contribution is 6.28. The molecule has 2 rings (SSSR count). The topological polar surface area (TPSA) is 94.0 Å². The zero-order valence-corrected chi connectivity index (χ0v) is 11.5. The molecular formula is C12H15ClN4O3. The number of amidine groups is 1. The molecule has 1 saturated heterocycles. The molecule has 108 valence electrons. The van der Waals surface area contributed by atoms with Gasteiger partial charge >= 0.3 is 0 Å². The van der Waals surface area contributed by atoms with Crippen molar-refractivity contribution in [1.82, 2.24) is 0 Å². The molecule has 1 aromatic carbocycles. The van der Waals surface area contributed by atoms with Gasteiger partial charge in [0.05, 0.1) is 24.0 Å². The summed E-state index contributed by atoms with van der Waals surface area (Å²) in [5.74, 6) is 0.174. The van der Waals surface area contributed by atoms with Crippen LogP contribution in [0.1, 0.15) is 0 Å². The first kappa shape index (κ1) is 14.5. The molecule has 0 radical (unpaired) electrons. The number of hydrogen-bond donors (Lipinski definition) is 1. The molecular weight excluding hydrogens is 284 g/mol. The normalized spacial score (nSPS) is 16.2. The Labute approximate surface area is 121 Å². The smallest absolute Gasteiger partial charge is 0.295 e. The molecule has 1 fully saturated rings. The summed E-state index contributed by atoms with van der Waals surface area (Å²) in [4.78, 5) is 16.6. The third kappa shape index (κ3) is 3.37. The van der Waals surface area contributed by atoms with Crippen molar-refractivity contribution in [3.05, 3.63) is 28.3 Å². The standard InChI is InChI=1S/C12H15ClN4O3/c13-8-12(14)15-10-7-9(1-2-11(10)17(18)19)16-3-5-20-6-4-16/h1-2,7H,3-6,8H2,(H2,14,15). The molecule has 1 aliphatic rings. The van der Waals surface area contributed by atoms with Crippen molar-refractivity contribution in [3.63, 3.8) is 0 Å². The fourth-order valence-electron chi connectivity index (χ4n) is 1.96. The maximum absolute atomic E-state index is 11.0. The number of halogens is 1. The predicted molar refractivity (Wildman–Crippen MR) is 78.1 cm³/mol. The summed E-state index contributed by atoms with van der Waals surface area (Å²) in [5, 5.41) is 11.0. The van der Waals surface area contributed by atoms with Gasteiger partial charge in [0.2, 0.25) is 0 Å². The lowest BCUT2D eigenvalue weighted by atomic mass is 10.2. The Hall–Kier alpha value is -1.86. The summed E-state index contributed by atoms with van der Waals surface area (Å²) in [6, 6.07) is 4.80. The van der Waals surface area contributed by atoms with Gasteiger partial charge in [-0.2, -0.15) is 0 Å². The van der Waals surface area contributed by atoms with Crippen LogP contribution < -0.4 is 10.6 Å². The molecule has 1 heterocycles. The lowest BCUT2D eigenvalue weighted by Crippen LogP contribution is -2.36. The van der Waals surface area contributed by atoms with Crippen molar-refractivity contribution in [3.8, 4) is 0 Å². The second kappa shape index (κ2) is 6.53. The lowest BCUT2D eigenvalue weighted by molar-refractivity contribution is -0.384. The van der Waals surface area contributed by atoms with Crippen LogP contribution in [0.5, 0.6) is 0 Å². The van der Waals surface area contributed by atoms with E-state index < -0.39 is 4.92 Å². The maximum Gasteiger partial charge on any atom is 0.295 e. The second-order valence-corrected chi connectivity index (χ2v) is 4.53. The minimum absolute atomic E-state index is 0.0267. The van der Waals surface area contributed by atoms with Gasteiger partial charge in [-0.15, -0.1) is 11.6 Å². The van der Waals surface area contributed by atoms with Gasteiger partial charge in [0, 0.05) is 24.8 Å². The first-order chi connectivity index (χ1) is 9.61. The molecule has 0 atom stereocenters. The largest absolute Gasteiger partial charge is 0.386 e. The first-order valence-corrected chi connectivity index (χ1v) is 6.65. The van der Waals surface area contributed by atoms with Gasteiger partial charge in [0.15, 0.2) is 0 Å². The number of nitrogens with two attached hydrogens (primary N) is 1. The molecule has 0 bridgehead atoms. The average Bonchev–Trinajstić information content (AvgIpc) is 2.47. The van der Waals surface area contributed by atoms with E-state index in [0.717, 1.165) is 18.8 Å². The van der Waals surface area contributed by atoms with Crippen molar-refractivity contribution in [2.24, 2.45) is 10.7 Å². The number of anilines is 1. The van der Waals surface area contributed by atoms with Crippen LogP contribution in [0, 0.1) is 10.1 Å². The van der Waals surface area contributed by atoms with Gasteiger partial charge in [-0.05, 0) is 12.1 Å². The predicted octanol–water partition coefficient (Wildman–Crippen LogP) is 1.66. The minimum atomic E-state index is -0.483. The van der Waals surface area contributed by atoms with E-state index in [-0.39, 0.29) is 23.1 Å². The molecule has 0 saturated carbocycles. The summed E-state index contributed by atoms with van der Waals surface area (Å²) >= 11 is 5.57. The summed E-state index contributed by atoms with van der Waals surface area (Å²) < 4.78 is 5.28. The van der Waals surface area contributed by atoms with Gasteiger partial charge in [0.25, 0.3) is 5.69 Å². The van der Waals surface area contributed by atoms with Gasteiger partial charge in [-0.1, -0.05) is 0 Å². The average molecular weight is 299 g/mol. The van der Waals surface area contributed by atoms with Crippen LogP contribution in [-0.2, 0) is 4.74 Å². The number of nitrogens with zero attached hydrogens (tertiary/aromatic N) is 3. The van der Waals surface area contributed by atoms with E-state index >= 15 is 0 Å². The molecule has 0 unspecified atom stereocenters. The zero-order chi connectivity index (χ0) is 14.5. The van der Waals surface area contributed by atoms with E-state index in [1.165, 1.54) is 6.07 Å². The van der Waals surface area contributed by atoms with E-state index in [4.69, 9.17) is 22.1 Å². The zero-order valence-electron chi connectivity index (χ0n) is 10.8. The Morgan fingerprint density at radius 2 is 2.20 bits per heavy atom. The molecule has 0 amide bonds. The van der Waals surface area contributed by atoms with E-state index in [9.17, 15) is 10.1 Å². The molecule has 0 aliphatic carbocycles. The number of benzene rings is 1. The van der Waals surface area contributed by atoms with Crippen LogP contribution in [-0.4, -0.2) is 42.9 Å². The highest BCUT2D eigenvalue weighted by Crippen LogP contribution is 2.32. The summed E-state index contributed by atoms with van der Waals surface area (Å²) in [5.41, 5.74) is 6.56. The SMILES string of the molecule is NC(CCl)=Nc1cc(N2CCOCC2)ccc1[N+](=O)[O-]. The molecule has 20 heavy (non-hydrogen) atoms. The number of ether oxygens (including phenoxy) is 1. The Morgan fingerprint density at radius 3 is 2.80 bits per heavy atom. The highest BCUT2D eigenvalue weighted by Gasteiger charge is 2.18. The molecule has 7 nitrogen and oxygen atoms in total. The minimum Gasteiger partial charge on any atom is -0.386 e. The van der Waals surface area contributed by atoms with Crippen molar-refractivity contribution in [1.29, 1.82) is 0 Å². The number of aliphatic imine (C=N–C) groups is 1. The highest BCUT2D eigenvalue weighted by atomic mass is 35.5. The maximum atomic E-state index is 11.0. The monoisotopic (exact) mass is 298 g/mol. The third-order valence-electron chi connectivity index (χ3n) is 2.93.